The molecule has 0 aliphatic rings. The van der Waals surface area contributed by atoms with Gasteiger partial charge in [-0.15, -0.1) is 0 Å². The van der Waals surface area contributed by atoms with Crippen LogP contribution in [-0.4, -0.2) is 29.9 Å². The predicted octanol–water partition coefficient (Wildman–Crippen LogP) is 0.977. The van der Waals surface area contributed by atoms with Crippen LogP contribution < -0.4 is 16.1 Å². The quantitative estimate of drug-likeness (QED) is 0.576. The van der Waals surface area contributed by atoms with Crippen LogP contribution in [-0.2, 0) is 0 Å². The van der Waals surface area contributed by atoms with Crippen molar-refractivity contribution in [1.82, 2.24) is 10.3 Å². The summed E-state index contributed by atoms with van der Waals surface area (Å²) >= 11 is 0. The van der Waals surface area contributed by atoms with E-state index < -0.39 is 27.8 Å². The number of nitro benzene ring substituents is 1. The van der Waals surface area contributed by atoms with Crippen molar-refractivity contribution in [2.75, 3.05) is 19.4 Å². The van der Waals surface area contributed by atoms with Gasteiger partial charge in [0.15, 0.2) is 11.5 Å². The van der Waals surface area contributed by atoms with Gasteiger partial charge in [0, 0.05) is 20.3 Å². The number of benzene rings is 1. The average molecular weight is 294 g/mol. The zero-order chi connectivity index (χ0) is 15.7. The molecule has 0 atom stereocenters. The maximum absolute atomic E-state index is 13.9. The normalized spacial score (nSPS) is 10.4. The Morgan fingerprint density at radius 2 is 2.10 bits per heavy atom. The van der Waals surface area contributed by atoms with E-state index in [1.807, 2.05) is 0 Å². The number of aromatic nitrogens is 1. The lowest BCUT2D eigenvalue weighted by atomic mass is 10.1. The average Bonchev–Trinajstić information content (AvgIpc) is 2.46. The lowest BCUT2D eigenvalue weighted by molar-refractivity contribution is -0.382. The number of nitrogens with zero attached hydrogens (tertiary/aromatic N) is 1. The first kappa shape index (κ1) is 14.4. The Morgan fingerprint density at radius 1 is 1.43 bits per heavy atom. The van der Waals surface area contributed by atoms with Gasteiger partial charge in [-0.3, -0.25) is 19.7 Å². The van der Waals surface area contributed by atoms with E-state index in [0.717, 1.165) is 12.3 Å². The first-order chi connectivity index (χ1) is 9.92. The zero-order valence-corrected chi connectivity index (χ0v) is 11.1. The topological polar surface area (TPSA) is 117 Å². The third-order valence-electron chi connectivity index (χ3n) is 3.01. The van der Waals surface area contributed by atoms with Crippen molar-refractivity contribution in [3.63, 3.8) is 0 Å². The lowest BCUT2D eigenvalue weighted by Gasteiger charge is -2.08. The second-order valence-corrected chi connectivity index (χ2v) is 4.12. The molecule has 2 rings (SSSR count). The van der Waals surface area contributed by atoms with E-state index in [-0.39, 0.29) is 22.2 Å². The summed E-state index contributed by atoms with van der Waals surface area (Å²) in [5.41, 5.74) is -2.11. The molecule has 0 unspecified atom stereocenters. The minimum atomic E-state index is -0.948. The van der Waals surface area contributed by atoms with Crippen LogP contribution in [0.2, 0.25) is 0 Å². The summed E-state index contributed by atoms with van der Waals surface area (Å²) in [6.45, 7) is 0. The maximum atomic E-state index is 13.9. The summed E-state index contributed by atoms with van der Waals surface area (Å²) in [7, 11) is 2.66. The van der Waals surface area contributed by atoms with Gasteiger partial charge in [-0.05, 0) is 6.07 Å². The van der Waals surface area contributed by atoms with E-state index >= 15 is 0 Å². The molecule has 0 saturated heterocycles. The van der Waals surface area contributed by atoms with Crippen LogP contribution in [0.4, 0.5) is 15.8 Å². The number of nitro groups is 1. The second-order valence-electron chi connectivity index (χ2n) is 4.12. The number of rotatable bonds is 3. The van der Waals surface area contributed by atoms with Gasteiger partial charge in [0.1, 0.15) is 11.1 Å². The number of pyridine rings is 1. The minimum Gasteiger partial charge on any atom is -0.380 e. The Morgan fingerprint density at radius 3 is 2.62 bits per heavy atom. The van der Waals surface area contributed by atoms with E-state index in [9.17, 15) is 24.1 Å². The van der Waals surface area contributed by atoms with E-state index in [1.54, 1.807) is 0 Å². The zero-order valence-electron chi connectivity index (χ0n) is 11.1. The third kappa shape index (κ3) is 2.18. The number of anilines is 1. The van der Waals surface area contributed by atoms with Crippen LogP contribution in [0.3, 0.4) is 0 Å². The fraction of sp³-hybridized carbons (Fsp3) is 0.167. The molecule has 110 valence electrons. The smallest absolute Gasteiger partial charge is 0.319 e. The van der Waals surface area contributed by atoms with Crippen molar-refractivity contribution in [1.29, 1.82) is 0 Å². The number of amides is 1. The van der Waals surface area contributed by atoms with Gasteiger partial charge in [-0.2, -0.15) is 0 Å². The van der Waals surface area contributed by atoms with Crippen molar-refractivity contribution >= 4 is 28.2 Å². The molecule has 9 heteroatoms. The fourth-order valence-electron chi connectivity index (χ4n) is 2.04. The summed E-state index contributed by atoms with van der Waals surface area (Å²) < 4.78 is 13.9. The molecule has 0 aliphatic heterocycles. The second kappa shape index (κ2) is 5.19. The number of fused-ring (bicyclic) bond motifs is 1. The maximum Gasteiger partial charge on any atom is 0.319 e. The van der Waals surface area contributed by atoms with E-state index in [0.29, 0.717) is 0 Å². The molecule has 0 spiro atoms. The summed E-state index contributed by atoms with van der Waals surface area (Å²) in [4.78, 5) is 36.5. The van der Waals surface area contributed by atoms with Crippen LogP contribution >= 0.6 is 0 Å². The molecule has 0 aliphatic carbocycles. The Kier molecular flexibility index (Phi) is 3.57. The first-order valence-corrected chi connectivity index (χ1v) is 5.84. The third-order valence-corrected chi connectivity index (χ3v) is 3.01. The number of halogens is 1. The van der Waals surface area contributed by atoms with E-state index in [2.05, 4.69) is 15.6 Å². The van der Waals surface area contributed by atoms with Crippen LogP contribution in [0.25, 0.3) is 10.9 Å². The molecule has 21 heavy (non-hydrogen) atoms. The van der Waals surface area contributed by atoms with Crippen molar-refractivity contribution in [2.45, 2.75) is 0 Å². The van der Waals surface area contributed by atoms with Crippen molar-refractivity contribution in [2.24, 2.45) is 0 Å². The number of nitrogens with one attached hydrogen (secondary N) is 3. The van der Waals surface area contributed by atoms with Crippen LogP contribution in [0, 0.1) is 15.9 Å². The van der Waals surface area contributed by atoms with Gasteiger partial charge in [-0.1, -0.05) is 0 Å². The Balaban J connectivity index is 2.95. The lowest BCUT2D eigenvalue weighted by Crippen LogP contribution is -2.25. The fourth-order valence-corrected chi connectivity index (χ4v) is 2.04. The summed E-state index contributed by atoms with van der Waals surface area (Å²) in [6.07, 6.45) is 1.06. The van der Waals surface area contributed by atoms with Crippen LogP contribution in [0.5, 0.6) is 0 Å². The SMILES string of the molecule is CNC(=O)c1c[nH]c2c([N+](=O)[O-])c(NC)c(F)cc2c1=O. The highest BCUT2D eigenvalue weighted by molar-refractivity contribution is 6.00. The molecule has 0 saturated carbocycles. The summed E-state index contributed by atoms with van der Waals surface area (Å²) in [6, 6.07) is 0.861. The van der Waals surface area contributed by atoms with Gasteiger partial charge in [0.2, 0.25) is 5.43 Å². The van der Waals surface area contributed by atoms with Crippen molar-refractivity contribution in [3.05, 3.63) is 44.0 Å². The van der Waals surface area contributed by atoms with Gasteiger partial charge in [-0.25, -0.2) is 4.39 Å². The molecule has 2 aromatic rings. The Labute approximate surface area is 117 Å². The molecular weight excluding hydrogens is 283 g/mol. The molecule has 0 bridgehead atoms. The van der Waals surface area contributed by atoms with Gasteiger partial charge in [0.05, 0.1) is 10.3 Å². The monoisotopic (exact) mass is 294 g/mol. The predicted molar refractivity (Wildman–Crippen MR) is 74.1 cm³/mol. The number of hydrogen-bond acceptors (Lipinski definition) is 5. The molecule has 0 fully saturated rings. The van der Waals surface area contributed by atoms with Crippen LogP contribution in [0.15, 0.2) is 17.1 Å². The highest BCUT2D eigenvalue weighted by Gasteiger charge is 2.25. The molecule has 1 heterocycles. The number of carbonyl (C=O) groups is 1. The van der Waals surface area contributed by atoms with E-state index in [4.69, 9.17) is 0 Å². The van der Waals surface area contributed by atoms with Crippen molar-refractivity contribution < 1.29 is 14.1 Å². The molecule has 1 amide bonds. The van der Waals surface area contributed by atoms with Gasteiger partial charge < -0.3 is 15.6 Å². The Bertz CT molecular complexity index is 815. The minimum absolute atomic E-state index is 0.150. The summed E-state index contributed by atoms with van der Waals surface area (Å²) in [5, 5.41) is 15.5. The Hall–Kier alpha value is -2.97. The standard InChI is InChI=1S/C12H11FN4O4/c1-14-9-7(13)3-5-8(10(9)17(20)21)16-4-6(11(5)18)12(19)15-2/h3-4,14H,1-2H3,(H,15,19)(H,16,18). The number of aromatic amines is 1. The number of hydrogen-bond donors (Lipinski definition) is 3. The van der Waals surface area contributed by atoms with Gasteiger partial charge >= 0.3 is 5.69 Å². The van der Waals surface area contributed by atoms with Gasteiger partial charge in [0.25, 0.3) is 5.91 Å². The molecule has 8 nitrogen and oxygen atoms in total. The highest BCUT2D eigenvalue weighted by Crippen LogP contribution is 2.33. The van der Waals surface area contributed by atoms with Crippen LogP contribution in [0.1, 0.15) is 10.4 Å². The first-order valence-electron chi connectivity index (χ1n) is 5.84. The molecular formula is C12H11FN4O4. The molecule has 3 N–H and O–H groups in total. The van der Waals surface area contributed by atoms with Crippen molar-refractivity contribution in [3.8, 4) is 0 Å². The largest absolute Gasteiger partial charge is 0.380 e. The molecule has 1 aromatic carbocycles. The number of carbonyl (C=O) groups excluding carboxylic acids is 1. The molecule has 1 aromatic heterocycles. The summed E-state index contributed by atoms with van der Waals surface area (Å²) in [5.74, 6) is -1.62. The highest BCUT2D eigenvalue weighted by atomic mass is 19.1. The number of H-pyrrole nitrogens is 1. The molecule has 0 radical (unpaired) electrons. The van der Waals surface area contributed by atoms with E-state index in [1.165, 1.54) is 14.1 Å².